The lowest BCUT2D eigenvalue weighted by Crippen LogP contribution is -2.31. The van der Waals surface area contributed by atoms with Crippen LogP contribution in [0.15, 0.2) is 76.1 Å². The van der Waals surface area contributed by atoms with Gasteiger partial charge in [0.05, 0.1) is 10.9 Å². The van der Waals surface area contributed by atoms with Crippen molar-refractivity contribution in [1.29, 1.82) is 0 Å². The van der Waals surface area contributed by atoms with Crippen molar-refractivity contribution in [1.82, 2.24) is 5.32 Å². The lowest BCUT2D eigenvalue weighted by molar-refractivity contribution is -0.123. The zero-order valence-corrected chi connectivity index (χ0v) is 20.6. The highest BCUT2D eigenvalue weighted by molar-refractivity contribution is 9.10. The van der Waals surface area contributed by atoms with Crippen LogP contribution in [0.1, 0.15) is 24.1 Å². The highest BCUT2D eigenvalue weighted by Gasteiger charge is 2.17. The Morgan fingerprint density at radius 2 is 1.81 bits per heavy atom. The van der Waals surface area contributed by atoms with Gasteiger partial charge in [-0.3, -0.25) is 9.52 Å². The van der Waals surface area contributed by atoms with E-state index in [4.69, 9.17) is 16.3 Å². The van der Waals surface area contributed by atoms with Crippen molar-refractivity contribution in [3.05, 3.63) is 87.4 Å². The van der Waals surface area contributed by atoms with Crippen LogP contribution >= 0.6 is 27.5 Å². The van der Waals surface area contributed by atoms with Gasteiger partial charge in [0.1, 0.15) is 5.75 Å². The van der Waals surface area contributed by atoms with Gasteiger partial charge in [-0.2, -0.15) is 0 Å². The second-order valence-corrected chi connectivity index (χ2v) is 10.2. The molecule has 32 heavy (non-hydrogen) atoms. The molecule has 3 aromatic carbocycles. The van der Waals surface area contributed by atoms with Crippen LogP contribution < -0.4 is 14.8 Å². The Morgan fingerprint density at radius 3 is 2.47 bits per heavy atom. The number of aryl methyl sites for hydroxylation is 1. The molecule has 6 nitrogen and oxygen atoms in total. The number of halogens is 2. The van der Waals surface area contributed by atoms with E-state index >= 15 is 0 Å². The minimum Gasteiger partial charge on any atom is -0.484 e. The Labute approximate surface area is 201 Å². The molecule has 0 aliphatic rings. The fourth-order valence-electron chi connectivity index (χ4n) is 2.97. The first-order chi connectivity index (χ1) is 15.1. The third-order valence-corrected chi connectivity index (χ3v) is 6.76. The molecule has 9 heteroatoms. The molecule has 3 aromatic rings. The van der Waals surface area contributed by atoms with Gasteiger partial charge < -0.3 is 10.1 Å². The molecule has 1 amide bonds. The predicted octanol–water partition coefficient (Wildman–Crippen LogP) is 5.47. The van der Waals surface area contributed by atoms with Crippen LogP contribution in [0.3, 0.4) is 0 Å². The average molecular weight is 538 g/mol. The Hall–Kier alpha value is -2.55. The standard InChI is InChI=1S/C23H22BrClN2O4S/c1-15-12-21(32(29,30)27-20-8-6-19(25)7-9-20)10-11-22(15)31-14-23(28)26-16(2)17-4-3-5-18(24)13-17/h3-13,16,27H,14H2,1-2H3,(H,26,28)/t16-/m1/s1. The van der Waals surface area contributed by atoms with Crippen molar-refractivity contribution in [3.63, 3.8) is 0 Å². The number of hydrogen-bond donors (Lipinski definition) is 2. The van der Waals surface area contributed by atoms with Crippen LogP contribution in [0.25, 0.3) is 0 Å². The fourth-order valence-corrected chi connectivity index (χ4v) is 4.66. The van der Waals surface area contributed by atoms with E-state index in [9.17, 15) is 13.2 Å². The van der Waals surface area contributed by atoms with Gasteiger partial charge in [-0.15, -0.1) is 0 Å². The number of carbonyl (C=O) groups is 1. The molecule has 0 aliphatic heterocycles. The zero-order valence-electron chi connectivity index (χ0n) is 17.4. The Balaban J connectivity index is 1.61. The SMILES string of the molecule is Cc1cc(S(=O)(=O)Nc2ccc(Cl)cc2)ccc1OCC(=O)N[C@H](C)c1cccc(Br)c1. The molecule has 0 heterocycles. The van der Waals surface area contributed by atoms with E-state index in [1.54, 1.807) is 31.2 Å². The zero-order chi connectivity index (χ0) is 23.3. The number of amides is 1. The summed E-state index contributed by atoms with van der Waals surface area (Å²) < 4.78 is 34.3. The van der Waals surface area contributed by atoms with Gasteiger partial charge in [0.2, 0.25) is 0 Å². The quantitative estimate of drug-likeness (QED) is 0.399. The first-order valence-corrected chi connectivity index (χ1v) is 12.4. The van der Waals surface area contributed by atoms with E-state index in [1.165, 1.54) is 18.2 Å². The minimum absolute atomic E-state index is 0.0880. The van der Waals surface area contributed by atoms with Crippen LogP contribution in [0.2, 0.25) is 5.02 Å². The summed E-state index contributed by atoms with van der Waals surface area (Å²) in [5, 5.41) is 3.39. The molecule has 0 bridgehead atoms. The summed E-state index contributed by atoms with van der Waals surface area (Å²) in [4.78, 5) is 12.4. The summed E-state index contributed by atoms with van der Waals surface area (Å²) in [5.41, 5.74) is 1.96. The van der Waals surface area contributed by atoms with Crippen LogP contribution in [-0.2, 0) is 14.8 Å². The van der Waals surface area contributed by atoms with E-state index in [0.29, 0.717) is 22.0 Å². The number of carbonyl (C=O) groups excluding carboxylic acids is 1. The van der Waals surface area contributed by atoms with Gasteiger partial charge in [-0.1, -0.05) is 39.7 Å². The van der Waals surface area contributed by atoms with Crippen molar-refractivity contribution in [2.24, 2.45) is 0 Å². The normalized spacial score (nSPS) is 12.1. The molecular weight excluding hydrogens is 516 g/mol. The molecule has 0 saturated heterocycles. The van der Waals surface area contributed by atoms with Gasteiger partial charge in [0.15, 0.2) is 6.61 Å². The van der Waals surface area contributed by atoms with E-state index in [0.717, 1.165) is 10.0 Å². The molecule has 1 atom stereocenters. The first kappa shape index (κ1) is 24.1. The Bertz CT molecular complexity index is 1220. The average Bonchev–Trinajstić information content (AvgIpc) is 2.74. The fraction of sp³-hybridized carbons (Fsp3) is 0.174. The van der Waals surface area contributed by atoms with Crippen LogP contribution in [0, 0.1) is 6.92 Å². The summed E-state index contributed by atoms with van der Waals surface area (Å²) >= 11 is 9.25. The molecule has 0 aliphatic carbocycles. The molecule has 0 aromatic heterocycles. The summed E-state index contributed by atoms with van der Waals surface area (Å²) in [6.45, 7) is 3.42. The van der Waals surface area contributed by atoms with Crippen molar-refractivity contribution in [2.45, 2.75) is 24.8 Å². The summed E-state index contributed by atoms with van der Waals surface area (Å²) in [6, 6.07) is 18.3. The third-order valence-electron chi connectivity index (χ3n) is 4.64. The maximum absolute atomic E-state index is 12.6. The first-order valence-electron chi connectivity index (χ1n) is 9.71. The van der Waals surface area contributed by atoms with Crippen LogP contribution in [-0.4, -0.2) is 20.9 Å². The highest BCUT2D eigenvalue weighted by atomic mass is 79.9. The topological polar surface area (TPSA) is 84.5 Å². The smallest absolute Gasteiger partial charge is 0.261 e. The number of rotatable bonds is 8. The van der Waals surface area contributed by atoms with E-state index in [-0.39, 0.29) is 23.5 Å². The maximum atomic E-state index is 12.6. The third kappa shape index (κ3) is 6.48. The Kier molecular flexibility index (Phi) is 7.82. The number of hydrogen-bond acceptors (Lipinski definition) is 4. The molecule has 2 N–H and O–H groups in total. The molecule has 0 saturated carbocycles. The van der Waals surface area contributed by atoms with E-state index < -0.39 is 10.0 Å². The van der Waals surface area contributed by atoms with Crippen molar-refractivity contribution >= 4 is 49.1 Å². The van der Waals surface area contributed by atoms with E-state index in [2.05, 4.69) is 26.0 Å². The second-order valence-electron chi connectivity index (χ2n) is 7.17. The molecule has 0 unspecified atom stereocenters. The van der Waals surface area contributed by atoms with Gasteiger partial charge in [-0.05, 0) is 79.6 Å². The van der Waals surface area contributed by atoms with Crippen LogP contribution in [0.5, 0.6) is 5.75 Å². The number of benzene rings is 3. The van der Waals surface area contributed by atoms with Crippen LogP contribution in [0.4, 0.5) is 5.69 Å². The molecule has 0 fully saturated rings. The largest absolute Gasteiger partial charge is 0.484 e. The number of nitrogens with one attached hydrogen (secondary N) is 2. The minimum atomic E-state index is -3.78. The number of ether oxygens (including phenoxy) is 1. The summed E-state index contributed by atoms with van der Waals surface area (Å²) in [5.74, 6) is 0.152. The monoisotopic (exact) mass is 536 g/mol. The Morgan fingerprint density at radius 1 is 1.09 bits per heavy atom. The predicted molar refractivity (Wildman–Crippen MR) is 130 cm³/mol. The van der Waals surface area contributed by atoms with Gasteiger partial charge >= 0.3 is 0 Å². The lowest BCUT2D eigenvalue weighted by atomic mass is 10.1. The summed E-state index contributed by atoms with van der Waals surface area (Å²) in [7, 11) is -3.78. The van der Waals surface area contributed by atoms with Crippen molar-refractivity contribution in [3.8, 4) is 5.75 Å². The molecule has 0 radical (unpaired) electrons. The molecule has 3 rings (SSSR count). The lowest BCUT2D eigenvalue weighted by Gasteiger charge is -2.16. The molecule has 0 spiro atoms. The number of sulfonamides is 1. The number of anilines is 1. The summed E-state index contributed by atoms with van der Waals surface area (Å²) in [6.07, 6.45) is 0. The molecular formula is C23H22BrClN2O4S. The highest BCUT2D eigenvalue weighted by Crippen LogP contribution is 2.24. The van der Waals surface area contributed by atoms with Gasteiger partial charge in [0, 0.05) is 15.2 Å². The van der Waals surface area contributed by atoms with Crippen molar-refractivity contribution < 1.29 is 17.9 Å². The second kappa shape index (κ2) is 10.4. The molecule has 168 valence electrons. The van der Waals surface area contributed by atoms with Gasteiger partial charge in [0.25, 0.3) is 15.9 Å². The van der Waals surface area contributed by atoms with Crippen molar-refractivity contribution in [2.75, 3.05) is 11.3 Å². The van der Waals surface area contributed by atoms with Gasteiger partial charge in [-0.25, -0.2) is 8.42 Å². The maximum Gasteiger partial charge on any atom is 0.261 e. The van der Waals surface area contributed by atoms with E-state index in [1.807, 2.05) is 31.2 Å².